The highest BCUT2D eigenvalue weighted by molar-refractivity contribution is 8.06. The van der Waals surface area contributed by atoms with Crippen molar-refractivity contribution in [1.29, 1.82) is 0 Å². The molecule has 0 spiro atoms. The van der Waals surface area contributed by atoms with Crippen molar-refractivity contribution in [1.82, 2.24) is 25.5 Å². The van der Waals surface area contributed by atoms with Crippen molar-refractivity contribution in [3.05, 3.63) is 164 Å². The number of aliphatic carboxylic acids is 1. The average Bonchev–Trinajstić information content (AvgIpc) is 3.61. The maximum Gasteiger partial charge on any atom is 0.407 e. The summed E-state index contributed by atoms with van der Waals surface area (Å²) in [4.78, 5) is 70.8. The van der Waals surface area contributed by atoms with Gasteiger partial charge in [0.05, 0.1) is 0 Å². The van der Waals surface area contributed by atoms with Crippen LogP contribution in [0.2, 0.25) is 4.34 Å². The third-order valence-corrected chi connectivity index (χ3v) is 13.4. The first-order chi connectivity index (χ1) is 30.3. The number of fused-ring (bicyclic) bond motifs is 1. The van der Waals surface area contributed by atoms with Crippen molar-refractivity contribution in [3.63, 3.8) is 0 Å². The molecular formula is C45H42ClN7O7S3. The summed E-state index contributed by atoms with van der Waals surface area (Å²) in [5.41, 5.74) is 6.45. The monoisotopic (exact) mass is 923 g/mol. The predicted octanol–water partition coefficient (Wildman–Crippen LogP) is 7.60. The van der Waals surface area contributed by atoms with E-state index in [2.05, 4.69) is 25.8 Å². The number of ether oxygens (including phenoxy) is 1. The largest absolute Gasteiger partial charge is 0.477 e. The van der Waals surface area contributed by atoms with Gasteiger partial charge in [0.15, 0.2) is 10.8 Å². The lowest BCUT2D eigenvalue weighted by Gasteiger charge is -2.49. The highest BCUT2D eigenvalue weighted by atomic mass is 35.5. The van der Waals surface area contributed by atoms with Crippen LogP contribution in [-0.4, -0.2) is 78.9 Å². The van der Waals surface area contributed by atoms with Gasteiger partial charge in [0.2, 0.25) is 5.60 Å². The van der Waals surface area contributed by atoms with Crippen LogP contribution in [0.15, 0.2) is 142 Å². The fourth-order valence-corrected chi connectivity index (χ4v) is 10.4. The molecule has 18 heteroatoms. The molecule has 0 radical (unpaired) electrons. The van der Waals surface area contributed by atoms with E-state index in [1.807, 2.05) is 97.1 Å². The van der Waals surface area contributed by atoms with E-state index in [1.165, 1.54) is 28.4 Å². The molecule has 5 aromatic rings. The number of carbonyl (C=O) groups excluding carboxylic acids is 3. The summed E-state index contributed by atoms with van der Waals surface area (Å²) in [6, 6.07) is 28.9. The van der Waals surface area contributed by atoms with Crippen LogP contribution < -0.4 is 16.4 Å². The van der Waals surface area contributed by atoms with Crippen molar-refractivity contribution < 1.29 is 33.9 Å². The molecule has 3 amide bonds. The number of allylic oxidation sites excluding steroid dienone is 1. The second-order valence-electron chi connectivity index (χ2n) is 15.1. The van der Waals surface area contributed by atoms with Crippen molar-refractivity contribution in [3.8, 4) is 0 Å². The van der Waals surface area contributed by atoms with Crippen LogP contribution in [-0.2, 0) is 36.0 Å². The number of carboxylic acids is 1. The number of amides is 3. The first kappa shape index (κ1) is 44.9. The van der Waals surface area contributed by atoms with Crippen LogP contribution in [0.1, 0.15) is 48.7 Å². The van der Waals surface area contributed by atoms with Crippen molar-refractivity contribution in [2.75, 3.05) is 18.0 Å². The Morgan fingerprint density at radius 2 is 1.60 bits per heavy atom. The molecule has 324 valence electrons. The number of thiazole rings is 1. The molecule has 1 saturated heterocycles. The highest BCUT2D eigenvalue weighted by Gasteiger charge is 2.55. The number of halogens is 1. The lowest BCUT2D eigenvalue weighted by Crippen LogP contribution is -2.71. The van der Waals surface area contributed by atoms with E-state index in [9.17, 15) is 24.3 Å². The second-order valence-corrected chi connectivity index (χ2v) is 18.9. The fourth-order valence-electron chi connectivity index (χ4n) is 6.88. The number of hydrogen-bond donors (Lipinski definition) is 4. The molecule has 2 atom stereocenters. The van der Waals surface area contributed by atoms with Crippen LogP contribution in [0.4, 0.5) is 9.93 Å². The second kappa shape index (κ2) is 19.5. The van der Waals surface area contributed by atoms with Gasteiger partial charge in [0, 0.05) is 51.2 Å². The van der Waals surface area contributed by atoms with E-state index in [4.69, 9.17) is 26.9 Å². The summed E-state index contributed by atoms with van der Waals surface area (Å²) in [6.45, 7) is 5.60. The molecule has 0 aliphatic carbocycles. The maximum atomic E-state index is 14.4. The van der Waals surface area contributed by atoms with Gasteiger partial charge in [-0.15, -0.1) is 11.8 Å². The number of alkyl carbamates (subject to hydrolysis) is 1. The molecule has 1 fully saturated rings. The Labute approximate surface area is 381 Å². The highest BCUT2D eigenvalue weighted by Crippen LogP contribution is 2.46. The van der Waals surface area contributed by atoms with E-state index in [-0.39, 0.29) is 38.9 Å². The molecule has 0 saturated carbocycles. The summed E-state index contributed by atoms with van der Waals surface area (Å²) in [7, 11) is 0. The van der Waals surface area contributed by atoms with Gasteiger partial charge in [-0.05, 0) is 38.8 Å². The normalized spacial score (nSPS) is 16.6. The Morgan fingerprint density at radius 3 is 2.16 bits per heavy atom. The third-order valence-electron chi connectivity index (χ3n) is 9.64. The van der Waals surface area contributed by atoms with Gasteiger partial charge in [-0.3, -0.25) is 19.5 Å². The lowest BCUT2D eigenvalue weighted by atomic mass is 9.80. The molecule has 63 heavy (non-hydrogen) atoms. The van der Waals surface area contributed by atoms with Crippen LogP contribution >= 0.6 is 46.5 Å². The topological polar surface area (TPSA) is 198 Å². The summed E-state index contributed by atoms with van der Waals surface area (Å²) >= 11 is 10.1. The summed E-state index contributed by atoms with van der Waals surface area (Å²) in [5, 5.41) is 19.8. The summed E-state index contributed by atoms with van der Waals surface area (Å²) < 4.78 is 5.34. The number of aromatic nitrogens is 2. The van der Waals surface area contributed by atoms with Crippen LogP contribution in [0.5, 0.6) is 0 Å². The Kier molecular flexibility index (Phi) is 13.9. The number of thioether (sulfide) groups is 2. The number of nitrogens with two attached hydrogens (primary N) is 1. The number of benzene rings is 3. The van der Waals surface area contributed by atoms with Gasteiger partial charge in [0.1, 0.15) is 32.7 Å². The van der Waals surface area contributed by atoms with Crippen molar-refractivity contribution >= 4 is 81.2 Å². The number of pyridine rings is 1. The van der Waals surface area contributed by atoms with Crippen LogP contribution in [0.3, 0.4) is 0 Å². The standard InChI is InChI=1S/C45H42ClN7O7S3/c1-44(2,3)59-43(58)49-23-14-13-15-27-25-48-24-22-31(27)62-32-26-61-40-35(39(55)53(40)36(32)41(56)57)50-38(54)34(33-37(46)63-42(47)51-33)52-60-45(28-16-7-4-8-17-28,29-18-9-5-10-19-29)30-20-11-6-12-21-30/h4-14,16-22,24-25,35,40H,15,23,26H2,1-3H3,(H2,47,51)(H,49,58)(H,50,54)(H,56,57)/t35-,40+/m1/s1. The average molecular weight is 925 g/mol. The number of carbonyl (C=O) groups is 4. The smallest absolute Gasteiger partial charge is 0.407 e. The molecule has 7 rings (SSSR count). The molecule has 14 nitrogen and oxygen atoms in total. The van der Waals surface area contributed by atoms with E-state index in [1.54, 1.807) is 45.3 Å². The zero-order valence-electron chi connectivity index (χ0n) is 34.2. The molecule has 2 aliphatic heterocycles. The number of carboxylic acid groups (broad SMARTS) is 1. The summed E-state index contributed by atoms with van der Waals surface area (Å²) in [6.07, 6.45) is 6.85. The number of hydrogen-bond acceptors (Lipinski definition) is 13. The first-order valence-electron chi connectivity index (χ1n) is 19.6. The third kappa shape index (κ3) is 10.1. The molecule has 5 N–H and O–H groups in total. The number of rotatable bonds is 15. The maximum absolute atomic E-state index is 14.4. The fraction of sp³-hybridized carbons (Fsp3) is 0.222. The first-order valence-corrected chi connectivity index (χ1v) is 22.6. The Bertz CT molecular complexity index is 2490. The van der Waals surface area contributed by atoms with Gasteiger partial charge in [-0.25, -0.2) is 14.6 Å². The molecular weight excluding hydrogens is 882 g/mol. The number of nitrogens with zero attached hydrogens (tertiary/aromatic N) is 4. The van der Waals surface area contributed by atoms with Gasteiger partial charge in [0.25, 0.3) is 11.8 Å². The lowest BCUT2D eigenvalue weighted by molar-refractivity contribution is -0.150. The molecule has 2 aromatic heterocycles. The van der Waals surface area contributed by atoms with E-state index in [0.717, 1.165) is 21.8 Å². The predicted molar refractivity (Wildman–Crippen MR) is 245 cm³/mol. The van der Waals surface area contributed by atoms with Gasteiger partial charge in [-0.2, -0.15) is 0 Å². The number of oxime groups is 1. The van der Waals surface area contributed by atoms with Crippen LogP contribution in [0.25, 0.3) is 0 Å². The van der Waals surface area contributed by atoms with E-state index < -0.39 is 46.5 Å². The minimum Gasteiger partial charge on any atom is -0.477 e. The zero-order chi connectivity index (χ0) is 44.7. The Balaban J connectivity index is 1.13. The van der Waals surface area contributed by atoms with E-state index in [0.29, 0.717) is 28.0 Å². The quantitative estimate of drug-likeness (QED) is 0.0264. The Morgan fingerprint density at radius 1 is 0.984 bits per heavy atom. The SMILES string of the molecule is CC(C)(C)OC(=O)NCC=CCc1cnccc1SC1=C(C(=O)O)N2C(=O)[C@@H](NC(=O)C(=NOC(c3ccccc3)(c3ccccc3)c3ccccc3)c3nc(N)sc3Cl)[C@@H]2SC1. The van der Waals surface area contributed by atoms with Gasteiger partial charge in [-0.1, -0.05) is 143 Å². The molecule has 4 heterocycles. The van der Waals surface area contributed by atoms with Gasteiger partial charge >= 0.3 is 12.1 Å². The molecule has 0 bridgehead atoms. The number of β-lactam (4-membered cyclic amide) rings is 1. The zero-order valence-corrected chi connectivity index (χ0v) is 37.4. The molecule has 3 aromatic carbocycles. The summed E-state index contributed by atoms with van der Waals surface area (Å²) in [5.74, 6) is -2.51. The number of nitrogen functional groups attached to an aromatic ring is 1. The minimum absolute atomic E-state index is 0.0493. The van der Waals surface area contributed by atoms with Gasteiger partial charge < -0.3 is 31.0 Å². The number of nitrogens with one attached hydrogen (secondary N) is 2. The molecule has 0 unspecified atom stereocenters. The van der Waals surface area contributed by atoms with Crippen LogP contribution in [0, 0.1) is 0 Å². The van der Waals surface area contributed by atoms with E-state index >= 15 is 0 Å². The Hall–Kier alpha value is -6.14. The van der Waals surface area contributed by atoms with Crippen molar-refractivity contribution in [2.45, 2.75) is 54.7 Å². The molecule has 2 aliphatic rings. The minimum atomic E-state index is -1.37. The number of anilines is 1. The van der Waals surface area contributed by atoms with Crippen molar-refractivity contribution in [2.24, 2.45) is 5.16 Å².